The van der Waals surface area contributed by atoms with Gasteiger partial charge in [0.1, 0.15) is 0 Å². The fourth-order valence-corrected chi connectivity index (χ4v) is 2.70. The third-order valence-electron chi connectivity index (χ3n) is 1.46. The number of allylic oxidation sites excluding steroid dienone is 4. The maximum Gasteiger partial charge on any atom is 0.283 e. The van der Waals surface area contributed by atoms with E-state index in [-0.39, 0.29) is 5.54 Å². The molecule has 3 heteroatoms. The van der Waals surface area contributed by atoms with Crippen molar-refractivity contribution < 1.29 is 0 Å². The van der Waals surface area contributed by atoms with E-state index in [2.05, 4.69) is 6.58 Å². The minimum absolute atomic E-state index is 0.216. The van der Waals surface area contributed by atoms with Crippen LogP contribution in [0.4, 0.5) is 0 Å². The molecule has 0 nitrogen and oxygen atoms in total. The van der Waals surface area contributed by atoms with E-state index < -0.39 is 6.69 Å². The van der Waals surface area contributed by atoms with Gasteiger partial charge in [0.05, 0.1) is 0 Å². The van der Waals surface area contributed by atoms with Crippen molar-refractivity contribution >= 4 is 28.9 Å². The topological polar surface area (TPSA) is 0 Å². The summed E-state index contributed by atoms with van der Waals surface area (Å²) in [7, 11) is 0. The minimum Gasteiger partial charge on any atom is -0.139 e. The van der Waals surface area contributed by atoms with Crippen molar-refractivity contribution in [3.05, 3.63) is 36.6 Å². The molecule has 0 aromatic rings. The van der Waals surface area contributed by atoms with Crippen LogP contribution in [0.1, 0.15) is 0 Å². The maximum atomic E-state index is 6.01. The van der Waals surface area contributed by atoms with Gasteiger partial charge in [0.25, 0.3) is 6.69 Å². The van der Waals surface area contributed by atoms with Gasteiger partial charge in [-0.05, 0) is 0 Å². The highest BCUT2D eigenvalue weighted by molar-refractivity contribution is 7.48. The molecular formula is C7H8Cl2Si. The lowest BCUT2D eigenvalue weighted by atomic mass is 10.5. The van der Waals surface area contributed by atoms with Crippen LogP contribution in [0.2, 0.25) is 5.54 Å². The Morgan fingerprint density at radius 3 is 2.20 bits per heavy atom. The average Bonchev–Trinajstić information content (AvgIpc) is 2.38. The zero-order valence-electron chi connectivity index (χ0n) is 5.43. The van der Waals surface area contributed by atoms with Crippen LogP contribution in [0.15, 0.2) is 36.6 Å². The summed E-state index contributed by atoms with van der Waals surface area (Å²) in [5, 5.41) is 0. The quantitative estimate of drug-likeness (QED) is 0.464. The molecule has 0 spiro atoms. The van der Waals surface area contributed by atoms with Crippen molar-refractivity contribution in [1.82, 2.24) is 0 Å². The molecule has 10 heavy (non-hydrogen) atoms. The van der Waals surface area contributed by atoms with Gasteiger partial charge in [-0.1, -0.05) is 30.0 Å². The van der Waals surface area contributed by atoms with Gasteiger partial charge < -0.3 is 0 Å². The van der Waals surface area contributed by atoms with Gasteiger partial charge in [-0.15, -0.1) is 28.7 Å². The van der Waals surface area contributed by atoms with Crippen molar-refractivity contribution in [3.63, 3.8) is 0 Å². The van der Waals surface area contributed by atoms with Gasteiger partial charge in [-0.25, -0.2) is 0 Å². The monoisotopic (exact) mass is 190 g/mol. The number of halogens is 2. The zero-order chi connectivity index (χ0) is 7.61. The van der Waals surface area contributed by atoms with E-state index in [1.54, 1.807) is 5.70 Å². The predicted molar refractivity (Wildman–Crippen MR) is 49.7 cm³/mol. The molecule has 0 aliphatic heterocycles. The van der Waals surface area contributed by atoms with Gasteiger partial charge in [-0.2, -0.15) is 0 Å². The lowest BCUT2D eigenvalue weighted by molar-refractivity contribution is 1.38. The van der Waals surface area contributed by atoms with Crippen molar-refractivity contribution in [2.75, 3.05) is 0 Å². The van der Waals surface area contributed by atoms with Crippen molar-refractivity contribution in [1.29, 1.82) is 0 Å². The fourth-order valence-electron chi connectivity index (χ4n) is 0.825. The van der Waals surface area contributed by atoms with E-state index in [4.69, 9.17) is 22.2 Å². The normalized spacial score (nSPS) is 18.2. The molecule has 0 saturated carbocycles. The maximum absolute atomic E-state index is 6.01. The third-order valence-corrected chi connectivity index (χ3v) is 5.72. The number of rotatable bonds is 2. The highest BCUT2D eigenvalue weighted by Gasteiger charge is 2.32. The first-order valence-electron chi connectivity index (χ1n) is 3.03. The summed E-state index contributed by atoms with van der Waals surface area (Å²) >= 11 is 12.0. The standard InChI is InChI=1S/C7H8Cl2Si/c1-2-10(8,9)7-5-3-4-6-7/h2-7H,1H2. The van der Waals surface area contributed by atoms with Crippen LogP contribution in [0.25, 0.3) is 0 Å². The van der Waals surface area contributed by atoms with Crippen LogP contribution in [-0.4, -0.2) is 6.69 Å². The molecular weight excluding hydrogens is 183 g/mol. The lowest BCUT2D eigenvalue weighted by Crippen LogP contribution is -2.20. The Labute approximate surface area is 71.3 Å². The van der Waals surface area contributed by atoms with E-state index in [9.17, 15) is 0 Å². The summed E-state index contributed by atoms with van der Waals surface area (Å²) < 4.78 is 0. The molecule has 0 fully saturated rings. The Bertz CT molecular complexity index is 182. The molecule has 0 radical (unpaired) electrons. The van der Waals surface area contributed by atoms with Crippen molar-refractivity contribution in [3.8, 4) is 0 Å². The largest absolute Gasteiger partial charge is 0.283 e. The molecule has 0 bridgehead atoms. The second-order valence-electron chi connectivity index (χ2n) is 2.17. The molecule has 0 aromatic heterocycles. The minimum atomic E-state index is -2.21. The Morgan fingerprint density at radius 1 is 1.30 bits per heavy atom. The van der Waals surface area contributed by atoms with E-state index in [1.165, 1.54) is 0 Å². The van der Waals surface area contributed by atoms with E-state index >= 15 is 0 Å². The van der Waals surface area contributed by atoms with Crippen LogP contribution in [0.3, 0.4) is 0 Å². The van der Waals surface area contributed by atoms with Gasteiger partial charge in [-0.3, -0.25) is 0 Å². The molecule has 1 rings (SSSR count). The van der Waals surface area contributed by atoms with Crippen LogP contribution >= 0.6 is 22.2 Å². The summed E-state index contributed by atoms with van der Waals surface area (Å²) in [5.41, 5.74) is 1.90. The molecule has 1 aliphatic carbocycles. The molecule has 0 aromatic carbocycles. The highest BCUT2D eigenvalue weighted by atomic mass is 35.7. The first-order chi connectivity index (χ1) is 4.67. The molecule has 0 heterocycles. The fraction of sp³-hybridized carbons (Fsp3) is 0.143. The predicted octanol–water partition coefficient (Wildman–Crippen LogP) is 3.13. The Balaban J connectivity index is 2.73. The van der Waals surface area contributed by atoms with Gasteiger partial charge in [0, 0.05) is 5.54 Å². The highest BCUT2D eigenvalue weighted by Crippen LogP contribution is 2.35. The van der Waals surface area contributed by atoms with Crippen LogP contribution in [-0.2, 0) is 0 Å². The Kier molecular flexibility index (Phi) is 2.39. The van der Waals surface area contributed by atoms with E-state index in [0.29, 0.717) is 0 Å². The van der Waals surface area contributed by atoms with Crippen molar-refractivity contribution in [2.24, 2.45) is 0 Å². The van der Waals surface area contributed by atoms with Gasteiger partial charge in [0.15, 0.2) is 0 Å². The summed E-state index contributed by atoms with van der Waals surface area (Å²) in [5.74, 6) is 0. The SMILES string of the molecule is C=C[Si](Cl)(Cl)C1C=CC=C1. The molecule has 0 atom stereocenters. The van der Waals surface area contributed by atoms with Crippen LogP contribution in [0.5, 0.6) is 0 Å². The smallest absolute Gasteiger partial charge is 0.139 e. The first kappa shape index (κ1) is 8.12. The summed E-state index contributed by atoms with van der Waals surface area (Å²) in [6, 6.07) is 0. The Hall–Kier alpha value is 0.0169. The molecule has 1 aliphatic rings. The second kappa shape index (κ2) is 2.95. The summed E-state index contributed by atoms with van der Waals surface area (Å²) in [4.78, 5) is 0. The molecule has 0 N–H and O–H groups in total. The van der Waals surface area contributed by atoms with Gasteiger partial charge in [0.2, 0.25) is 0 Å². The van der Waals surface area contributed by atoms with Crippen molar-refractivity contribution in [2.45, 2.75) is 5.54 Å². The molecule has 54 valence electrons. The summed E-state index contributed by atoms with van der Waals surface area (Å²) in [6.07, 6.45) is 7.93. The molecule has 0 unspecified atom stereocenters. The molecule has 0 amide bonds. The average molecular weight is 191 g/mol. The Morgan fingerprint density at radius 2 is 1.80 bits per heavy atom. The van der Waals surface area contributed by atoms with Crippen LogP contribution < -0.4 is 0 Å². The lowest BCUT2D eigenvalue weighted by Gasteiger charge is -2.15. The number of hydrogen-bond donors (Lipinski definition) is 0. The first-order valence-corrected chi connectivity index (χ1v) is 7.21. The third kappa shape index (κ3) is 1.54. The van der Waals surface area contributed by atoms with Gasteiger partial charge >= 0.3 is 0 Å². The number of hydrogen-bond acceptors (Lipinski definition) is 0. The summed E-state index contributed by atoms with van der Waals surface area (Å²) in [6.45, 7) is 1.40. The van der Waals surface area contributed by atoms with E-state index in [1.807, 2.05) is 24.3 Å². The zero-order valence-corrected chi connectivity index (χ0v) is 7.94. The van der Waals surface area contributed by atoms with E-state index in [0.717, 1.165) is 0 Å². The second-order valence-corrected chi connectivity index (χ2v) is 8.93. The molecule has 0 saturated heterocycles. The van der Waals surface area contributed by atoms with Crippen LogP contribution in [0, 0.1) is 0 Å².